The molecule has 1 aromatic rings. The molecule has 2 bridgehead atoms. The van der Waals surface area contributed by atoms with Crippen LogP contribution in [-0.2, 0) is 6.18 Å². The number of anilines is 1. The number of fused-ring (bicyclic) bond motifs is 2. The highest BCUT2D eigenvalue weighted by atomic mass is 19.4. The van der Waals surface area contributed by atoms with Gasteiger partial charge in [0, 0.05) is 24.9 Å². The molecule has 0 aromatic heterocycles. The minimum Gasteiger partial charge on any atom is -0.392 e. The molecule has 1 saturated heterocycles. The van der Waals surface area contributed by atoms with E-state index in [9.17, 15) is 27.5 Å². The fraction of sp³-hybridized carbons (Fsp3) is 0.562. The number of nitrogens with one attached hydrogen (secondary N) is 1. The van der Waals surface area contributed by atoms with Crippen molar-refractivity contribution in [3.63, 3.8) is 0 Å². The van der Waals surface area contributed by atoms with Gasteiger partial charge in [-0.2, -0.15) is 13.2 Å². The predicted octanol–water partition coefficient (Wildman–Crippen LogP) is 3.47. The van der Waals surface area contributed by atoms with Gasteiger partial charge < -0.3 is 15.3 Å². The summed E-state index contributed by atoms with van der Waals surface area (Å²) in [6, 6.07) is 1.50. The quantitative estimate of drug-likeness (QED) is 0.765. The number of urea groups is 1. The maximum absolute atomic E-state index is 13.1. The molecular formula is C16H18F4N2O2. The number of likely N-dealkylation sites (tertiary alicyclic amines) is 1. The average Bonchev–Trinajstić information content (AvgIpc) is 2.47. The van der Waals surface area contributed by atoms with Gasteiger partial charge in [-0.15, -0.1) is 0 Å². The third-order valence-electron chi connectivity index (χ3n) is 4.84. The van der Waals surface area contributed by atoms with Gasteiger partial charge in [0.05, 0.1) is 17.4 Å². The number of hydrogen-bond donors (Lipinski definition) is 2. The fourth-order valence-electron chi connectivity index (χ4n) is 3.63. The van der Waals surface area contributed by atoms with Crippen molar-refractivity contribution < 1.29 is 27.5 Å². The average molecular weight is 346 g/mol. The SMILES string of the molecule is O=C(Nc1ccc(F)cc1C(F)(F)F)N1C[C@H]2CCC[C@@H](C1)C2O. The van der Waals surface area contributed by atoms with Crippen LogP contribution in [-0.4, -0.2) is 35.2 Å². The number of aliphatic hydroxyl groups excluding tert-OH is 1. The van der Waals surface area contributed by atoms with Gasteiger partial charge in [0.15, 0.2) is 0 Å². The van der Waals surface area contributed by atoms with Crippen molar-refractivity contribution in [2.75, 3.05) is 18.4 Å². The van der Waals surface area contributed by atoms with Gasteiger partial charge in [-0.1, -0.05) is 6.42 Å². The van der Waals surface area contributed by atoms with Crippen molar-refractivity contribution in [3.8, 4) is 0 Å². The molecule has 1 heterocycles. The van der Waals surface area contributed by atoms with Gasteiger partial charge in [-0.05, 0) is 31.0 Å². The Bertz CT molecular complexity index is 621. The summed E-state index contributed by atoms with van der Waals surface area (Å²) in [5, 5.41) is 12.3. The van der Waals surface area contributed by atoms with Gasteiger partial charge in [0.2, 0.25) is 0 Å². The molecule has 1 aliphatic heterocycles. The Morgan fingerprint density at radius 2 is 1.83 bits per heavy atom. The zero-order chi connectivity index (χ0) is 17.5. The molecule has 2 amide bonds. The Labute approximate surface area is 136 Å². The Morgan fingerprint density at radius 1 is 1.21 bits per heavy atom. The summed E-state index contributed by atoms with van der Waals surface area (Å²) in [6.45, 7) is 0.623. The van der Waals surface area contributed by atoms with E-state index in [1.165, 1.54) is 4.90 Å². The number of amides is 2. The van der Waals surface area contributed by atoms with Crippen molar-refractivity contribution >= 4 is 11.7 Å². The standard InChI is InChI=1S/C16H18F4N2O2/c17-11-4-5-13(12(6-11)16(18,19)20)21-15(24)22-7-9-2-1-3-10(8-22)14(9)23/h4-6,9-10,14,23H,1-3,7-8H2,(H,21,24)/t9-,10+,14?. The molecule has 4 nitrogen and oxygen atoms in total. The van der Waals surface area contributed by atoms with Crippen LogP contribution in [0.15, 0.2) is 18.2 Å². The Morgan fingerprint density at radius 3 is 2.42 bits per heavy atom. The van der Waals surface area contributed by atoms with Gasteiger partial charge >= 0.3 is 12.2 Å². The summed E-state index contributed by atoms with van der Waals surface area (Å²) in [5.41, 5.74) is -1.68. The van der Waals surface area contributed by atoms with Crippen molar-refractivity contribution in [2.45, 2.75) is 31.5 Å². The van der Waals surface area contributed by atoms with Crippen LogP contribution in [0.3, 0.4) is 0 Å². The molecule has 132 valence electrons. The first kappa shape index (κ1) is 17.0. The van der Waals surface area contributed by atoms with E-state index >= 15 is 0 Å². The minimum absolute atomic E-state index is 0.0430. The maximum Gasteiger partial charge on any atom is 0.418 e. The van der Waals surface area contributed by atoms with Crippen LogP contribution >= 0.6 is 0 Å². The highest BCUT2D eigenvalue weighted by Gasteiger charge is 2.40. The second-order valence-corrected chi connectivity index (χ2v) is 6.46. The van der Waals surface area contributed by atoms with Crippen molar-refractivity contribution in [1.29, 1.82) is 0 Å². The molecule has 1 aliphatic carbocycles. The lowest BCUT2D eigenvalue weighted by molar-refractivity contribution is -0.137. The number of carbonyl (C=O) groups is 1. The molecule has 1 saturated carbocycles. The molecule has 3 atom stereocenters. The van der Waals surface area contributed by atoms with Gasteiger partial charge in [0.1, 0.15) is 5.82 Å². The molecule has 1 aromatic carbocycles. The highest BCUT2D eigenvalue weighted by molar-refractivity contribution is 5.90. The first-order valence-electron chi connectivity index (χ1n) is 7.86. The molecule has 2 N–H and O–H groups in total. The second kappa shape index (κ2) is 6.23. The predicted molar refractivity (Wildman–Crippen MR) is 78.8 cm³/mol. The number of hydrogen-bond acceptors (Lipinski definition) is 2. The number of alkyl halides is 3. The monoisotopic (exact) mass is 346 g/mol. The number of benzene rings is 1. The lowest BCUT2D eigenvalue weighted by Crippen LogP contribution is -2.54. The third-order valence-corrected chi connectivity index (χ3v) is 4.84. The molecule has 0 spiro atoms. The molecule has 3 rings (SSSR count). The van der Waals surface area contributed by atoms with Crippen LogP contribution in [0, 0.1) is 17.7 Å². The smallest absolute Gasteiger partial charge is 0.392 e. The zero-order valence-corrected chi connectivity index (χ0v) is 12.8. The molecule has 0 radical (unpaired) electrons. The Balaban J connectivity index is 1.76. The first-order chi connectivity index (χ1) is 11.3. The van der Waals surface area contributed by atoms with E-state index in [0.29, 0.717) is 19.2 Å². The van der Waals surface area contributed by atoms with Crippen LogP contribution in [0.25, 0.3) is 0 Å². The van der Waals surface area contributed by atoms with E-state index in [-0.39, 0.29) is 11.8 Å². The van der Waals surface area contributed by atoms with E-state index in [0.717, 1.165) is 31.4 Å². The Hall–Kier alpha value is -1.83. The summed E-state index contributed by atoms with van der Waals surface area (Å²) in [5.74, 6) is -1.10. The summed E-state index contributed by atoms with van der Waals surface area (Å²) in [7, 11) is 0. The van der Waals surface area contributed by atoms with E-state index < -0.39 is 35.4 Å². The van der Waals surface area contributed by atoms with Crippen LogP contribution in [0.5, 0.6) is 0 Å². The number of rotatable bonds is 1. The summed E-state index contributed by atoms with van der Waals surface area (Å²) < 4.78 is 52.1. The largest absolute Gasteiger partial charge is 0.418 e. The van der Waals surface area contributed by atoms with Gasteiger partial charge in [-0.3, -0.25) is 0 Å². The van der Waals surface area contributed by atoms with Crippen molar-refractivity contribution in [2.24, 2.45) is 11.8 Å². The van der Waals surface area contributed by atoms with E-state index in [2.05, 4.69) is 5.32 Å². The molecule has 24 heavy (non-hydrogen) atoms. The normalized spacial score (nSPS) is 27.0. The third kappa shape index (κ3) is 3.33. The van der Waals surface area contributed by atoms with Crippen LogP contribution in [0.4, 0.5) is 28.0 Å². The lowest BCUT2D eigenvalue weighted by atomic mass is 9.75. The first-order valence-corrected chi connectivity index (χ1v) is 7.86. The molecule has 2 aliphatic rings. The number of carbonyl (C=O) groups excluding carboxylic acids is 1. The highest BCUT2D eigenvalue weighted by Crippen LogP contribution is 2.37. The van der Waals surface area contributed by atoms with Crippen LogP contribution < -0.4 is 5.32 Å². The second-order valence-electron chi connectivity index (χ2n) is 6.46. The van der Waals surface area contributed by atoms with E-state index in [1.54, 1.807) is 0 Å². The summed E-state index contributed by atoms with van der Waals surface area (Å²) in [6.07, 6.45) is -2.64. The summed E-state index contributed by atoms with van der Waals surface area (Å²) in [4.78, 5) is 13.8. The molecular weight excluding hydrogens is 328 g/mol. The number of aliphatic hydroxyl groups is 1. The van der Waals surface area contributed by atoms with Crippen LogP contribution in [0.1, 0.15) is 24.8 Å². The minimum atomic E-state index is -4.76. The van der Waals surface area contributed by atoms with Crippen LogP contribution in [0.2, 0.25) is 0 Å². The van der Waals surface area contributed by atoms with Gasteiger partial charge in [0.25, 0.3) is 0 Å². The molecule has 2 fully saturated rings. The topological polar surface area (TPSA) is 52.6 Å². The number of piperidine rings is 1. The Kier molecular flexibility index (Phi) is 4.42. The molecule has 1 unspecified atom stereocenters. The summed E-state index contributed by atoms with van der Waals surface area (Å²) >= 11 is 0. The lowest BCUT2D eigenvalue weighted by Gasteiger charge is -2.44. The fourth-order valence-corrected chi connectivity index (χ4v) is 3.63. The zero-order valence-electron chi connectivity index (χ0n) is 12.8. The van der Waals surface area contributed by atoms with Crippen molar-refractivity contribution in [3.05, 3.63) is 29.6 Å². The van der Waals surface area contributed by atoms with E-state index in [4.69, 9.17) is 0 Å². The molecule has 8 heteroatoms. The van der Waals surface area contributed by atoms with Gasteiger partial charge in [-0.25, -0.2) is 9.18 Å². The van der Waals surface area contributed by atoms with Crippen molar-refractivity contribution in [1.82, 2.24) is 4.90 Å². The number of halogens is 4. The number of nitrogens with zero attached hydrogens (tertiary/aromatic N) is 1. The maximum atomic E-state index is 13.1. The van der Waals surface area contributed by atoms with E-state index in [1.807, 2.05) is 0 Å².